The fourth-order valence-electron chi connectivity index (χ4n) is 5.66. The molecule has 0 radical (unpaired) electrons. The van der Waals surface area contributed by atoms with E-state index in [1.807, 2.05) is 90.5 Å². The third-order valence-electron chi connectivity index (χ3n) is 7.32. The van der Waals surface area contributed by atoms with Crippen LogP contribution < -0.4 is 14.5 Å². The molecular formula is C32H25F2N5O. The Hall–Kier alpha value is -4.98. The fourth-order valence-corrected chi connectivity index (χ4v) is 5.66. The summed E-state index contributed by atoms with van der Waals surface area (Å²) < 4.78 is 34.1. The Kier molecular flexibility index (Phi) is 5.81. The molecule has 7 rings (SSSR count). The molecule has 0 amide bonds. The molecule has 0 bridgehead atoms. The number of guanidine groups is 1. The van der Waals surface area contributed by atoms with Crippen molar-refractivity contribution in [2.75, 3.05) is 9.80 Å². The number of halogens is 2. The summed E-state index contributed by atoms with van der Waals surface area (Å²) in [5, 5.41) is 4.90. The van der Waals surface area contributed by atoms with Gasteiger partial charge in [0.25, 0.3) is 0 Å². The Morgan fingerprint density at radius 1 is 0.800 bits per heavy atom. The number of ether oxygens (including phenoxy) is 1. The van der Waals surface area contributed by atoms with Crippen molar-refractivity contribution in [1.29, 1.82) is 0 Å². The van der Waals surface area contributed by atoms with Crippen molar-refractivity contribution >= 4 is 23.2 Å². The van der Waals surface area contributed by atoms with E-state index in [1.165, 1.54) is 0 Å². The Morgan fingerprint density at radius 2 is 1.45 bits per heavy atom. The zero-order valence-corrected chi connectivity index (χ0v) is 21.7. The number of fused-ring (bicyclic) bond motifs is 4. The van der Waals surface area contributed by atoms with E-state index in [1.54, 1.807) is 12.1 Å². The van der Waals surface area contributed by atoms with Crippen LogP contribution in [0.15, 0.2) is 114 Å². The van der Waals surface area contributed by atoms with Crippen molar-refractivity contribution < 1.29 is 13.5 Å². The van der Waals surface area contributed by atoms with Gasteiger partial charge < -0.3 is 9.64 Å². The summed E-state index contributed by atoms with van der Waals surface area (Å²) >= 11 is 0. The lowest BCUT2D eigenvalue weighted by atomic mass is 9.94. The molecule has 0 aliphatic carbocycles. The minimum absolute atomic E-state index is 0.126. The maximum Gasteiger partial charge on any atom is 0.387 e. The standard InChI is InChI=1S/C32H25F2N5O/c1-21-28-29(24-16-8-11-19-27(24)40-31(33)34)38-26-18-10-9-17-25(26)37(20-22-12-4-2-5-13-22)32(38)35-30(28)39(36-21)23-14-6-3-7-15-23/h2-19,29,31H,20H2,1H3/t29-/m1/s1. The number of benzene rings is 4. The van der Waals surface area contributed by atoms with Gasteiger partial charge in [-0.05, 0) is 42.8 Å². The van der Waals surface area contributed by atoms with Crippen LogP contribution in [0.5, 0.6) is 5.75 Å². The zero-order valence-electron chi connectivity index (χ0n) is 21.7. The molecule has 2 aliphatic heterocycles. The highest BCUT2D eigenvalue weighted by molar-refractivity contribution is 6.18. The van der Waals surface area contributed by atoms with Gasteiger partial charge in [0.1, 0.15) is 5.75 Å². The van der Waals surface area contributed by atoms with Crippen molar-refractivity contribution in [3.05, 3.63) is 132 Å². The number of para-hydroxylation sites is 4. The van der Waals surface area contributed by atoms with E-state index in [0.717, 1.165) is 33.9 Å². The molecule has 2 aliphatic rings. The van der Waals surface area contributed by atoms with Gasteiger partial charge in [0, 0.05) is 11.1 Å². The lowest BCUT2D eigenvalue weighted by molar-refractivity contribution is -0.0505. The molecule has 1 aromatic heterocycles. The van der Waals surface area contributed by atoms with Crippen LogP contribution in [-0.2, 0) is 6.54 Å². The van der Waals surface area contributed by atoms with Crippen LogP contribution in [0.4, 0.5) is 26.0 Å². The molecule has 0 N–H and O–H groups in total. The molecule has 5 aromatic rings. The number of aromatic nitrogens is 2. The lowest BCUT2D eigenvalue weighted by Crippen LogP contribution is -2.43. The second kappa shape index (κ2) is 9.64. The molecule has 8 heteroatoms. The Bertz CT molecular complexity index is 1720. The number of aliphatic imine (C=N–C) groups is 1. The predicted octanol–water partition coefficient (Wildman–Crippen LogP) is 7.40. The molecule has 40 heavy (non-hydrogen) atoms. The fraction of sp³-hybridized carbons (Fsp3) is 0.125. The molecule has 4 aromatic carbocycles. The average Bonchev–Trinajstić information content (AvgIpc) is 3.48. The maximum atomic E-state index is 13.6. The molecule has 0 saturated heterocycles. The van der Waals surface area contributed by atoms with Crippen molar-refractivity contribution in [3.63, 3.8) is 0 Å². The van der Waals surface area contributed by atoms with Gasteiger partial charge in [-0.15, -0.1) is 0 Å². The molecule has 0 spiro atoms. The van der Waals surface area contributed by atoms with Crippen LogP contribution in [-0.4, -0.2) is 22.4 Å². The number of hydrogen-bond acceptors (Lipinski definition) is 5. The van der Waals surface area contributed by atoms with E-state index in [-0.39, 0.29) is 5.75 Å². The molecule has 0 saturated carbocycles. The van der Waals surface area contributed by atoms with Crippen LogP contribution in [0.2, 0.25) is 0 Å². The third-order valence-corrected chi connectivity index (χ3v) is 7.32. The minimum Gasteiger partial charge on any atom is -0.434 e. The number of anilines is 2. The molecule has 1 atom stereocenters. The predicted molar refractivity (Wildman–Crippen MR) is 152 cm³/mol. The molecular weight excluding hydrogens is 508 g/mol. The highest BCUT2D eigenvalue weighted by Crippen LogP contribution is 2.52. The van der Waals surface area contributed by atoms with Gasteiger partial charge in [0.2, 0.25) is 5.96 Å². The molecule has 6 nitrogen and oxygen atoms in total. The van der Waals surface area contributed by atoms with Gasteiger partial charge in [-0.25, -0.2) is 4.68 Å². The average molecular weight is 534 g/mol. The number of hydrogen-bond donors (Lipinski definition) is 0. The van der Waals surface area contributed by atoms with E-state index in [0.29, 0.717) is 23.9 Å². The molecule has 0 unspecified atom stereocenters. The third kappa shape index (κ3) is 3.91. The first kappa shape index (κ1) is 24.1. The Labute approximate surface area is 230 Å². The first-order chi connectivity index (χ1) is 19.6. The van der Waals surface area contributed by atoms with Gasteiger partial charge >= 0.3 is 6.61 Å². The quantitative estimate of drug-likeness (QED) is 0.228. The van der Waals surface area contributed by atoms with Crippen LogP contribution in [0.1, 0.15) is 28.4 Å². The maximum absolute atomic E-state index is 13.6. The van der Waals surface area contributed by atoms with Gasteiger partial charge in [-0.2, -0.15) is 18.9 Å². The first-order valence-electron chi connectivity index (χ1n) is 13.1. The Morgan fingerprint density at radius 3 is 2.20 bits per heavy atom. The van der Waals surface area contributed by atoms with E-state index >= 15 is 0 Å². The lowest BCUT2D eigenvalue weighted by Gasteiger charge is -2.35. The second-order valence-corrected chi connectivity index (χ2v) is 9.73. The van der Waals surface area contributed by atoms with Crippen molar-refractivity contribution in [2.24, 2.45) is 4.99 Å². The van der Waals surface area contributed by atoms with Crippen molar-refractivity contribution in [1.82, 2.24) is 9.78 Å². The Balaban J connectivity index is 1.49. The van der Waals surface area contributed by atoms with Crippen LogP contribution >= 0.6 is 0 Å². The number of nitrogens with zero attached hydrogens (tertiary/aromatic N) is 5. The highest BCUT2D eigenvalue weighted by atomic mass is 19.3. The summed E-state index contributed by atoms with van der Waals surface area (Å²) in [7, 11) is 0. The number of aryl methyl sites for hydroxylation is 1. The van der Waals surface area contributed by atoms with Gasteiger partial charge in [0.15, 0.2) is 5.82 Å². The van der Waals surface area contributed by atoms with Crippen LogP contribution in [0.25, 0.3) is 5.69 Å². The molecule has 198 valence electrons. The summed E-state index contributed by atoms with van der Waals surface area (Å²) in [5.74, 6) is 1.49. The van der Waals surface area contributed by atoms with Gasteiger partial charge in [0.05, 0.1) is 35.3 Å². The second-order valence-electron chi connectivity index (χ2n) is 9.73. The summed E-state index contributed by atoms with van der Waals surface area (Å²) in [6, 6.07) is 34.6. The van der Waals surface area contributed by atoms with Crippen molar-refractivity contribution in [3.8, 4) is 11.4 Å². The zero-order chi connectivity index (χ0) is 27.2. The first-order valence-corrected chi connectivity index (χ1v) is 13.1. The molecule has 3 heterocycles. The van der Waals surface area contributed by atoms with Crippen LogP contribution in [0.3, 0.4) is 0 Å². The smallest absolute Gasteiger partial charge is 0.387 e. The number of rotatable bonds is 6. The number of alkyl halides is 2. The van der Waals surface area contributed by atoms with Gasteiger partial charge in [-0.3, -0.25) is 4.90 Å². The van der Waals surface area contributed by atoms with E-state index < -0.39 is 12.7 Å². The minimum atomic E-state index is -2.95. The van der Waals surface area contributed by atoms with E-state index in [9.17, 15) is 8.78 Å². The summed E-state index contributed by atoms with van der Waals surface area (Å²) in [6.07, 6.45) is 0. The van der Waals surface area contributed by atoms with Crippen LogP contribution in [0, 0.1) is 6.92 Å². The van der Waals surface area contributed by atoms with Gasteiger partial charge in [-0.1, -0.05) is 78.9 Å². The largest absolute Gasteiger partial charge is 0.434 e. The normalized spacial score (nSPS) is 15.5. The van der Waals surface area contributed by atoms with E-state index in [2.05, 4.69) is 28.0 Å². The van der Waals surface area contributed by atoms with E-state index in [4.69, 9.17) is 14.8 Å². The SMILES string of the molecule is Cc1nn(-c2ccccc2)c2c1[C@@H](c1ccccc1OC(F)F)N1C(=N2)N(Cc2ccccc2)c2ccccc21. The van der Waals surface area contributed by atoms with Crippen molar-refractivity contribution in [2.45, 2.75) is 26.1 Å². The topological polar surface area (TPSA) is 45.9 Å². The molecule has 0 fully saturated rings. The monoisotopic (exact) mass is 533 g/mol. The summed E-state index contributed by atoms with van der Waals surface area (Å²) in [6.45, 7) is -0.430. The summed E-state index contributed by atoms with van der Waals surface area (Å²) in [4.78, 5) is 9.54. The summed E-state index contributed by atoms with van der Waals surface area (Å²) in [5.41, 5.74) is 6.13. The highest BCUT2D eigenvalue weighted by Gasteiger charge is 2.45.